The van der Waals surface area contributed by atoms with Gasteiger partial charge < -0.3 is 4.98 Å². The van der Waals surface area contributed by atoms with E-state index in [-0.39, 0.29) is 13.0 Å². The zero-order valence-electron chi connectivity index (χ0n) is 17.0. The van der Waals surface area contributed by atoms with E-state index in [1.165, 1.54) is 0 Å². The molecule has 9 heteroatoms. The number of imidazole rings is 1. The summed E-state index contributed by atoms with van der Waals surface area (Å²) in [4.78, 5) is 18.2. The highest BCUT2D eigenvalue weighted by Crippen LogP contribution is 2.31. The molecule has 5 heterocycles. The van der Waals surface area contributed by atoms with Crippen molar-refractivity contribution in [1.82, 2.24) is 35.0 Å². The minimum absolute atomic E-state index is 0.0859. The number of fused-ring (bicyclic) bond motifs is 2. The molecule has 0 spiro atoms. The zero-order chi connectivity index (χ0) is 21.7. The van der Waals surface area contributed by atoms with Crippen LogP contribution in [0, 0.1) is 0 Å². The average molecular weight is 431 g/mol. The molecule has 5 aromatic rings. The number of alkyl halides is 2. The van der Waals surface area contributed by atoms with Gasteiger partial charge in [0.15, 0.2) is 11.5 Å². The van der Waals surface area contributed by atoms with E-state index in [4.69, 9.17) is 0 Å². The van der Waals surface area contributed by atoms with Crippen LogP contribution >= 0.6 is 0 Å². The van der Waals surface area contributed by atoms with Crippen LogP contribution in [0.2, 0.25) is 0 Å². The van der Waals surface area contributed by atoms with Crippen molar-refractivity contribution in [2.24, 2.45) is 0 Å². The van der Waals surface area contributed by atoms with Crippen LogP contribution in [0.5, 0.6) is 0 Å². The molecule has 2 N–H and O–H groups in total. The van der Waals surface area contributed by atoms with E-state index in [1.807, 2.05) is 36.4 Å². The smallest absolute Gasteiger partial charge is 0.261 e. The summed E-state index contributed by atoms with van der Waals surface area (Å²) >= 11 is 0. The summed E-state index contributed by atoms with van der Waals surface area (Å²) in [6, 6.07) is 11.8. The molecule has 4 aromatic heterocycles. The molecule has 1 aromatic carbocycles. The summed E-state index contributed by atoms with van der Waals surface area (Å²) < 4.78 is 27.1. The number of pyridine rings is 2. The predicted molar refractivity (Wildman–Crippen MR) is 117 cm³/mol. The molecule has 0 radical (unpaired) electrons. The van der Waals surface area contributed by atoms with E-state index in [1.54, 1.807) is 23.5 Å². The van der Waals surface area contributed by atoms with E-state index in [2.05, 4.69) is 30.1 Å². The van der Waals surface area contributed by atoms with Crippen molar-refractivity contribution in [3.8, 4) is 22.6 Å². The number of aromatic amines is 2. The fourth-order valence-corrected chi connectivity index (χ4v) is 4.26. The van der Waals surface area contributed by atoms with Gasteiger partial charge in [-0.25, -0.2) is 18.7 Å². The average Bonchev–Trinajstić information content (AvgIpc) is 3.49. The topological polar surface area (TPSA) is 86.4 Å². The summed E-state index contributed by atoms with van der Waals surface area (Å²) in [5, 5.41) is 8.43. The minimum atomic E-state index is -2.60. The van der Waals surface area contributed by atoms with Gasteiger partial charge in [-0.05, 0) is 41.5 Å². The molecular weight excluding hydrogens is 412 g/mol. The van der Waals surface area contributed by atoms with Gasteiger partial charge in [-0.2, -0.15) is 5.10 Å². The zero-order valence-corrected chi connectivity index (χ0v) is 17.0. The Balaban J connectivity index is 1.34. The lowest BCUT2D eigenvalue weighted by Gasteiger charge is -2.15. The summed E-state index contributed by atoms with van der Waals surface area (Å²) in [5.74, 6) is -1.95. The Morgan fingerprint density at radius 2 is 2.00 bits per heavy atom. The molecule has 7 nitrogen and oxygen atoms in total. The van der Waals surface area contributed by atoms with E-state index in [0.29, 0.717) is 30.3 Å². The van der Waals surface area contributed by atoms with E-state index in [9.17, 15) is 8.78 Å². The molecule has 0 bridgehead atoms. The normalized spacial score (nSPS) is 16.3. The van der Waals surface area contributed by atoms with Gasteiger partial charge in [-0.3, -0.25) is 15.0 Å². The lowest BCUT2D eigenvalue weighted by molar-refractivity contribution is 0.0115. The van der Waals surface area contributed by atoms with Gasteiger partial charge in [0.2, 0.25) is 0 Å². The number of hydrogen-bond donors (Lipinski definition) is 2. The number of benzene rings is 1. The summed E-state index contributed by atoms with van der Waals surface area (Å²) in [6.45, 7) is 0.656. The third-order valence-corrected chi connectivity index (χ3v) is 5.83. The van der Waals surface area contributed by atoms with Crippen LogP contribution in [0.3, 0.4) is 0 Å². The number of halogens is 2. The first-order valence-corrected chi connectivity index (χ1v) is 10.4. The fourth-order valence-electron chi connectivity index (χ4n) is 4.26. The first-order valence-electron chi connectivity index (χ1n) is 10.4. The minimum Gasteiger partial charge on any atom is -0.335 e. The lowest BCUT2D eigenvalue weighted by Crippen LogP contribution is -2.24. The van der Waals surface area contributed by atoms with Crippen molar-refractivity contribution >= 4 is 22.1 Å². The standard InChI is InChI=1S/C23H19F2N7/c24-23(25)5-7-32(13-23)12-14-8-16(11-26-10-14)15-3-4-18-17(9-15)20(31-30-18)22-28-19-2-1-6-27-21(19)29-22/h1-4,6,8-11H,5,7,12-13H2,(H,30,31)(H,27,28,29). The van der Waals surface area contributed by atoms with Crippen molar-refractivity contribution in [1.29, 1.82) is 0 Å². The molecule has 0 saturated carbocycles. The van der Waals surface area contributed by atoms with Crippen molar-refractivity contribution in [3.63, 3.8) is 0 Å². The van der Waals surface area contributed by atoms with Crippen molar-refractivity contribution < 1.29 is 8.78 Å². The molecule has 1 saturated heterocycles. The Morgan fingerprint density at radius 3 is 2.84 bits per heavy atom. The highest BCUT2D eigenvalue weighted by molar-refractivity contribution is 5.95. The molecule has 6 rings (SSSR count). The maximum Gasteiger partial charge on any atom is 0.261 e. The number of likely N-dealkylation sites (tertiary alicyclic amines) is 1. The summed E-state index contributed by atoms with van der Waals surface area (Å²) in [5.41, 5.74) is 5.89. The van der Waals surface area contributed by atoms with Crippen LogP contribution in [0.25, 0.3) is 44.7 Å². The van der Waals surface area contributed by atoms with Gasteiger partial charge in [0.1, 0.15) is 5.69 Å². The highest BCUT2D eigenvalue weighted by Gasteiger charge is 2.37. The Morgan fingerprint density at radius 1 is 1.06 bits per heavy atom. The Hall–Kier alpha value is -3.72. The molecule has 0 aliphatic carbocycles. The van der Waals surface area contributed by atoms with Gasteiger partial charge in [-0.1, -0.05) is 6.07 Å². The predicted octanol–water partition coefficient (Wildman–Crippen LogP) is 4.40. The van der Waals surface area contributed by atoms with Crippen molar-refractivity contribution in [2.45, 2.75) is 18.9 Å². The van der Waals surface area contributed by atoms with Crippen LogP contribution in [0.1, 0.15) is 12.0 Å². The monoisotopic (exact) mass is 431 g/mol. The van der Waals surface area contributed by atoms with Gasteiger partial charge in [0, 0.05) is 49.1 Å². The number of nitrogens with zero attached hydrogens (tertiary/aromatic N) is 5. The van der Waals surface area contributed by atoms with Gasteiger partial charge in [0.25, 0.3) is 5.92 Å². The maximum absolute atomic E-state index is 13.5. The molecule has 0 amide bonds. The molecule has 160 valence electrons. The van der Waals surface area contributed by atoms with Crippen molar-refractivity contribution in [3.05, 3.63) is 60.6 Å². The van der Waals surface area contributed by atoms with Gasteiger partial charge in [-0.15, -0.1) is 0 Å². The van der Waals surface area contributed by atoms with Crippen molar-refractivity contribution in [2.75, 3.05) is 13.1 Å². The second-order valence-electron chi connectivity index (χ2n) is 8.19. The van der Waals surface area contributed by atoms with E-state index in [0.717, 1.165) is 33.1 Å². The van der Waals surface area contributed by atoms with Crippen LogP contribution in [0.15, 0.2) is 55.0 Å². The number of hydrogen-bond acceptors (Lipinski definition) is 5. The number of aromatic nitrogens is 6. The van der Waals surface area contributed by atoms with E-state index >= 15 is 0 Å². The largest absolute Gasteiger partial charge is 0.335 e. The van der Waals surface area contributed by atoms with Crippen LogP contribution in [0.4, 0.5) is 8.78 Å². The van der Waals surface area contributed by atoms with Gasteiger partial charge in [0.05, 0.1) is 17.6 Å². The molecule has 0 unspecified atom stereocenters. The molecule has 1 fully saturated rings. The third kappa shape index (κ3) is 3.40. The molecular formula is C23H19F2N7. The maximum atomic E-state index is 13.5. The van der Waals surface area contributed by atoms with Crippen LogP contribution in [-0.2, 0) is 6.54 Å². The Kier molecular flexibility index (Phi) is 4.25. The number of nitrogens with one attached hydrogen (secondary N) is 2. The SMILES string of the molecule is FC1(F)CCN(Cc2cncc(-c3ccc4[nH]nc(-c5nc6ncccc6[nH]5)c4c3)c2)C1. The first-order chi connectivity index (χ1) is 15.5. The Labute approximate surface area is 181 Å². The van der Waals surface area contributed by atoms with Crippen LogP contribution in [-0.4, -0.2) is 54.0 Å². The van der Waals surface area contributed by atoms with E-state index < -0.39 is 5.92 Å². The number of rotatable bonds is 4. The Bertz CT molecular complexity index is 1410. The van der Waals surface area contributed by atoms with Crippen LogP contribution < -0.4 is 0 Å². The second-order valence-corrected chi connectivity index (χ2v) is 8.19. The third-order valence-electron chi connectivity index (χ3n) is 5.83. The molecule has 1 aliphatic heterocycles. The fraction of sp³-hybridized carbons (Fsp3) is 0.217. The quantitative estimate of drug-likeness (QED) is 0.440. The lowest BCUT2D eigenvalue weighted by atomic mass is 10.0. The number of H-pyrrole nitrogens is 2. The second kappa shape index (κ2) is 7.16. The molecule has 1 aliphatic rings. The highest BCUT2D eigenvalue weighted by atomic mass is 19.3. The molecule has 32 heavy (non-hydrogen) atoms. The molecule has 0 atom stereocenters. The first kappa shape index (κ1) is 19.0. The van der Waals surface area contributed by atoms with Gasteiger partial charge >= 0.3 is 0 Å². The summed E-state index contributed by atoms with van der Waals surface area (Å²) in [7, 11) is 0. The summed E-state index contributed by atoms with van der Waals surface area (Å²) in [6.07, 6.45) is 5.14.